The number of carboxylic acid groups (broad SMARTS) is 1. The molecule has 1 unspecified atom stereocenters. The Hall–Kier alpha value is -1.01. The number of aromatic carboxylic acids is 1. The fourth-order valence-corrected chi connectivity index (χ4v) is 2.72. The summed E-state index contributed by atoms with van der Waals surface area (Å²) in [4.78, 5) is 22.5. The van der Waals surface area contributed by atoms with Gasteiger partial charge in [-0.05, 0) is 18.2 Å². The molecule has 0 aliphatic heterocycles. The van der Waals surface area contributed by atoms with E-state index in [0.29, 0.717) is 10.6 Å². The van der Waals surface area contributed by atoms with Gasteiger partial charge in [0.05, 0.1) is 5.56 Å². The number of thioether (sulfide) groups is 1. The molecule has 92 valence electrons. The van der Waals surface area contributed by atoms with E-state index in [0.717, 1.165) is 4.47 Å². The van der Waals surface area contributed by atoms with E-state index in [9.17, 15) is 9.59 Å². The Morgan fingerprint density at radius 3 is 2.71 bits per heavy atom. The van der Waals surface area contributed by atoms with E-state index in [1.54, 1.807) is 19.1 Å². The van der Waals surface area contributed by atoms with Gasteiger partial charge in [-0.25, -0.2) is 4.79 Å². The van der Waals surface area contributed by atoms with E-state index in [-0.39, 0.29) is 17.4 Å². The fourth-order valence-electron chi connectivity index (χ4n) is 1.09. The minimum atomic E-state index is -0.980. The summed E-state index contributed by atoms with van der Waals surface area (Å²) in [6.45, 7) is 1.72. The summed E-state index contributed by atoms with van der Waals surface area (Å²) in [5.41, 5.74) is 5.38. The lowest BCUT2D eigenvalue weighted by molar-refractivity contribution is -0.120. The molecule has 1 amide bonds. The average Bonchev–Trinajstić information content (AvgIpc) is 2.25. The second-order valence-electron chi connectivity index (χ2n) is 3.56. The van der Waals surface area contributed by atoms with Crippen LogP contribution in [0.5, 0.6) is 0 Å². The van der Waals surface area contributed by atoms with Crippen molar-refractivity contribution in [2.45, 2.75) is 11.8 Å². The SMILES string of the molecule is CC(CSc1cc(Br)ccc1C(=O)O)C(N)=O. The molecule has 1 aromatic carbocycles. The second kappa shape index (κ2) is 6.07. The second-order valence-corrected chi connectivity index (χ2v) is 5.54. The molecule has 0 aromatic heterocycles. The zero-order chi connectivity index (χ0) is 13.0. The standard InChI is InChI=1S/C11H12BrNO3S/c1-6(10(13)14)5-17-9-4-7(12)2-3-8(9)11(15)16/h2-4,6H,5H2,1H3,(H2,13,14)(H,15,16). The number of carboxylic acids is 1. The normalized spacial score (nSPS) is 12.1. The third kappa shape index (κ3) is 4.05. The lowest BCUT2D eigenvalue weighted by Gasteiger charge is -2.09. The molecule has 4 nitrogen and oxygen atoms in total. The summed E-state index contributed by atoms with van der Waals surface area (Å²) in [5, 5.41) is 9.01. The number of rotatable bonds is 5. The number of primary amides is 1. The van der Waals surface area contributed by atoms with Crippen LogP contribution in [-0.2, 0) is 4.79 Å². The van der Waals surface area contributed by atoms with Crippen LogP contribution in [-0.4, -0.2) is 22.7 Å². The van der Waals surface area contributed by atoms with Crippen molar-refractivity contribution in [1.82, 2.24) is 0 Å². The number of amides is 1. The molecule has 0 saturated carbocycles. The quantitative estimate of drug-likeness (QED) is 0.817. The molecular formula is C11H12BrNO3S. The highest BCUT2D eigenvalue weighted by molar-refractivity contribution is 9.10. The van der Waals surface area contributed by atoms with Crippen LogP contribution in [0, 0.1) is 5.92 Å². The Morgan fingerprint density at radius 1 is 1.53 bits per heavy atom. The third-order valence-electron chi connectivity index (χ3n) is 2.15. The van der Waals surface area contributed by atoms with Gasteiger partial charge in [-0.1, -0.05) is 22.9 Å². The van der Waals surface area contributed by atoms with Crippen molar-refractivity contribution in [3.63, 3.8) is 0 Å². The lowest BCUT2D eigenvalue weighted by Crippen LogP contribution is -2.22. The molecule has 1 rings (SSSR count). The zero-order valence-corrected chi connectivity index (χ0v) is 11.5. The summed E-state index contributed by atoms with van der Waals surface area (Å²) in [5.74, 6) is -1.19. The van der Waals surface area contributed by atoms with Crippen LogP contribution in [0.2, 0.25) is 0 Å². The summed E-state index contributed by atoms with van der Waals surface area (Å²) >= 11 is 4.60. The maximum Gasteiger partial charge on any atom is 0.336 e. The fraction of sp³-hybridized carbons (Fsp3) is 0.273. The maximum atomic E-state index is 11.0. The summed E-state index contributed by atoms with van der Waals surface area (Å²) in [7, 11) is 0. The Labute approximate surface area is 112 Å². The number of hydrogen-bond acceptors (Lipinski definition) is 3. The molecule has 1 atom stereocenters. The molecule has 0 bridgehead atoms. The molecule has 0 radical (unpaired) electrons. The van der Waals surface area contributed by atoms with Crippen LogP contribution >= 0.6 is 27.7 Å². The van der Waals surface area contributed by atoms with Crippen LogP contribution in [0.25, 0.3) is 0 Å². The van der Waals surface area contributed by atoms with Gasteiger partial charge in [0.15, 0.2) is 0 Å². The summed E-state index contributed by atoms with van der Waals surface area (Å²) in [6, 6.07) is 4.93. The monoisotopic (exact) mass is 317 g/mol. The van der Waals surface area contributed by atoms with Crippen LogP contribution in [0.3, 0.4) is 0 Å². The van der Waals surface area contributed by atoms with E-state index < -0.39 is 5.97 Å². The van der Waals surface area contributed by atoms with Crippen LogP contribution in [0.1, 0.15) is 17.3 Å². The van der Waals surface area contributed by atoms with Crippen LogP contribution in [0.15, 0.2) is 27.6 Å². The number of hydrogen-bond donors (Lipinski definition) is 2. The highest BCUT2D eigenvalue weighted by Gasteiger charge is 2.14. The van der Waals surface area contributed by atoms with Gasteiger partial charge in [-0.2, -0.15) is 0 Å². The van der Waals surface area contributed by atoms with Gasteiger partial charge in [-0.3, -0.25) is 4.79 Å². The summed E-state index contributed by atoms with van der Waals surface area (Å²) in [6.07, 6.45) is 0. The number of nitrogens with two attached hydrogens (primary N) is 1. The van der Waals surface area contributed by atoms with Crippen molar-refractivity contribution in [1.29, 1.82) is 0 Å². The van der Waals surface area contributed by atoms with E-state index in [1.165, 1.54) is 17.8 Å². The van der Waals surface area contributed by atoms with Crippen molar-refractivity contribution >= 4 is 39.6 Å². The molecule has 0 spiro atoms. The largest absolute Gasteiger partial charge is 0.478 e. The first-order valence-corrected chi connectivity index (χ1v) is 6.64. The van der Waals surface area contributed by atoms with Crippen molar-refractivity contribution in [3.8, 4) is 0 Å². The summed E-state index contributed by atoms with van der Waals surface area (Å²) < 4.78 is 0.803. The topological polar surface area (TPSA) is 80.4 Å². The van der Waals surface area contributed by atoms with E-state index in [4.69, 9.17) is 10.8 Å². The molecule has 1 aromatic rings. The van der Waals surface area contributed by atoms with Gasteiger partial charge < -0.3 is 10.8 Å². The number of carbonyl (C=O) groups excluding carboxylic acids is 1. The van der Waals surface area contributed by atoms with Crippen molar-refractivity contribution < 1.29 is 14.7 Å². The lowest BCUT2D eigenvalue weighted by atomic mass is 10.2. The minimum absolute atomic E-state index is 0.231. The first-order valence-electron chi connectivity index (χ1n) is 4.86. The Kier molecular flexibility index (Phi) is 5.02. The van der Waals surface area contributed by atoms with E-state index in [2.05, 4.69) is 15.9 Å². The molecule has 0 aliphatic rings. The number of carbonyl (C=O) groups is 2. The smallest absolute Gasteiger partial charge is 0.336 e. The first-order chi connectivity index (χ1) is 7.91. The van der Waals surface area contributed by atoms with Crippen LogP contribution in [0.4, 0.5) is 0 Å². The highest BCUT2D eigenvalue weighted by atomic mass is 79.9. The Balaban J connectivity index is 2.85. The van der Waals surface area contributed by atoms with Gasteiger partial charge >= 0.3 is 5.97 Å². The predicted octanol–water partition coefficient (Wildman–Crippen LogP) is 2.36. The molecule has 6 heteroatoms. The molecule has 0 saturated heterocycles. The zero-order valence-electron chi connectivity index (χ0n) is 9.14. The number of benzene rings is 1. The molecule has 0 heterocycles. The molecule has 0 fully saturated rings. The van der Waals surface area contributed by atoms with E-state index in [1.807, 2.05) is 0 Å². The van der Waals surface area contributed by atoms with Crippen molar-refractivity contribution in [2.24, 2.45) is 11.7 Å². The first kappa shape index (κ1) is 14.1. The minimum Gasteiger partial charge on any atom is -0.478 e. The molecular weight excluding hydrogens is 306 g/mol. The highest BCUT2D eigenvalue weighted by Crippen LogP contribution is 2.28. The number of halogens is 1. The van der Waals surface area contributed by atoms with Crippen molar-refractivity contribution in [3.05, 3.63) is 28.2 Å². The van der Waals surface area contributed by atoms with Crippen molar-refractivity contribution in [2.75, 3.05) is 5.75 Å². The van der Waals surface area contributed by atoms with Gasteiger partial charge in [-0.15, -0.1) is 11.8 Å². The molecule has 17 heavy (non-hydrogen) atoms. The van der Waals surface area contributed by atoms with E-state index >= 15 is 0 Å². The average molecular weight is 318 g/mol. The Bertz CT molecular complexity index is 450. The van der Waals surface area contributed by atoms with Gasteiger partial charge in [0.1, 0.15) is 0 Å². The molecule has 3 N–H and O–H groups in total. The predicted molar refractivity (Wildman–Crippen MR) is 70.2 cm³/mol. The molecule has 0 aliphatic carbocycles. The van der Waals surface area contributed by atoms with Gasteiger partial charge in [0.25, 0.3) is 0 Å². The van der Waals surface area contributed by atoms with Gasteiger partial charge in [0, 0.05) is 21.0 Å². The Morgan fingerprint density at radius 2 is 2.18 bits per heavy atom. The third-order valence-corrected chi connectivity index (χ3v) is 3.96. The van der Waals surface area contributed by atoms with Gasteiger partial charge in [0.2, 0.25) is 5.91 Å². The maximum absolute atomic E-state index is 11.0. The van der Waals surface area contributed by atoms with Crippen LogP contribution < -0.4 is 5.73 Å².